The highest BCUT2D eigenvalue weighted by molar-refractivity contribution is 6.12. The molecule has 1 N–H and O–H groups in total. The molecule has 3 rings (SSSR count). The monoisotopic (exact) mass is 388 g/mol. The Bertz CT molecular complexity index is 785. The minimum Gasteiger partial charge on any atom is -0.497 e. The standard InChI is InChI=1S/C21H28N2O5/c1-13(2)23-8-6-21(7-9-23)18(14(3)20(25)28-21)19(24)22-15-10-16(26-4)12-17(11-15)27-5/h10-13H,6-9H2,1-5H3,(H,22,24). The van der Waals surface area contributed by atoms with E-state index in [4.69, 9.17) is 14.2 Å². The molecule has 7 heteroatoms. The molecule has 152 valence electrons. The van der Waals surface area contributed by atoms with Crippen LogP contribution in [0.5, 0.6) is 11.5 Å². The number of carbonyl (C=O) groups excluding carboxylic acids is 2. The van der Waals surface area contributed by atoms with Crippen molar-refractivity contribution >= 4 is 17.6 Å². The third-order valence-corrected chi connectivity index (χ3v) is 5.60. The summed E-state index contributed by atoms with van der Waals surface area (Å²) in [4.78, 5) is 27.8. The SMILES string of the molecule is COc1cc(NC(=O)C2=C(C)C(=O)OC23CCN(C(C)C)CC3)cc(OC)c1. The largest absolute Gasteiger partial charge is 0.497 e. The van der Waals surface area contributed by atoms with E-state index in [-0.39, 0.29) is 5.91 Å². The number of hydrogen-bond donors (Lipinski definition) is 1. The third-order valence-electron chi connectivity index (χ3n) is 5.60. The Morgan fingerprint density at radius 2 is 1.71 bits per heavy atom. The van der Waals surface area contributed by atoms with E-state index in [0.717, 1.165) is 13.1 Å². The van der Waals surface area contributed by atoms with Crippen LogP contribution in [0, 0.1) is 0 Å². The molecule has 0 aromatic heterocycles. The zero-order chi connectivity index (χ0) is 20.5. The van der Waals surface area contributed by atoms with Gasteiger partial charge in [-0.25, -0.2) is 4.79 Å². The first-order valence-corrected chi connectivity index (χ1v) is 9.53. The van der Waals surface area contributed by atoms with Gasteiger partial charge < -0.3 is 24.4 Å². The number of carbonyl (C=O) groups is 2. The van der Waals surface area contributed by atoms with Crippen LogP contribution in [0.1, 0.15) is 33.6 Å². The van der Waals surface area contributed by atoms with Gasteiger partial charge in [0.15, 0.2) is 0 Å². The summed E-state index contributed by atoms with van der Waals surface area (Å²) in [6.45, 7) is 7.50. The number of amides is 1. The number of nitrogens with zero attached hydrogens (tertiary/aromatic N) is 1. The van der Waals surface area contributed by atoms with E-state index in [1.54, 1.807) is 39.3 Å². The number of esters is 1. The molecule has 7 nitrogen and oxygen atoms in total. The van der Waals surface area contributed by atoms with Crippen LogP contribution in [0.3, 0.4) is 0 Å². The van der Waals surface area contributed by atoms with Crippen molar-refractivity contribution in [2.75, 3.05) is 32.6 Å². The smallest absolute Gasteiger partial charge is 0.335 e. The van der Waals surface area contributed by atoms with Crippen LogP contribution >= 0.6 is 0 Å². The molecule has 0 bridgehead atoms. The topological polar surface area (TPSA) is 77.1 Å². The molecular weight excluding hydrogens is 360 g/mol. The first kappa shape index (κ1) is 20.2. The molecule has 2 aliphatic heterocycles. The van der Waals surface area contributed by atoms with E-state index >= 15 is 0 Å². The van der Waals surface area contributed by atoms with Crippen LogP contribution in [0.15, 0.2) is 29.3 Å². The number of benzene rings is 1. The molecule has 1 aromatic rings. The van der Waals surface area contributed by atoms with Crippen molar-refractivity contribution in [2.45, 2.75) is 45.3 Å². The fourth-order valence-electron chi connectivity index (χ4n) is 3.95. The van der Waals surface area contributed by atoms with Gasteiger partial charge in [0.1, 0.15) is 17.1 Å². The summed E-state index contributed by atoms with van der Waals surface area (Å²) in [6, 6.07) is 5.57. The van der Waals surface area contributed by atoms with Gasteiger partial charge >= 0.3 is 5.97 Å². The third kappa shape index (κ3) is 3.71. The molecule has 2 heterocycles. The highest BCUT2D eigenvalue weighted by atomic mass is 16.6. The van der Waals surface area contributed by atoms with Gasteiger partial charge in [-0.1, -0.05) is 0 Å². The van der Waals surface area contributed by atoms with Crippen LogP contribution in [0.2, 0.25) is 0 Å². The lowest BCUT2D eigenvalue weighted by Gasteiger charge is -2.40. The molecule has 0 atom stereocenters. The zero-order valence-corrected chi connectivity index (χ0v) is 17.1. The summed E-state index contributed by atoms with van der Waals surface area (Å²) >= 11 is 0. The Labute approximate surface area is 165 Å². The van der Waals surface area contributed by atoms with Gasteiger partial charge in [0.2, 0.25) is 0 Å². The Kier molecular flexibility index (Phi) is 5.65. The summed E-state index contributed by atoms with van der Waals surface area (Å²) in [6.07, 6.45) is 1.22. The molecule has 1 fully saturated rings. The van der Waals surface area contributed by atoms with Gasteiger partial charge in [-0.15, -0.1) is 0 Å². The normalized spacial score (nSPS) is 19.1. The van der Waals surface area contributed by atoms with Gasteiger partial charge in [-0.2, -0.15) is 0 Å². The first-order valence-electron chi connectivity index (χ1n) is 9.53. The Balaban J connectivity index is 1.86. The molecule has 0 aliphatic carbocycles. The van der Waals surface area contributed by atoms with E-state index in [1.807, 2.05) is 0 Å². The average molecular weight is 388 g/mol. The van der Waals surface area contributed by atoms with Crippen LogP contribution in [0.4, 0.5) is 5.69 Å². The summed E-state index contributed by atoms with van der Waals surface area (Å²) in [5.41, 5.74) is 0.503. The lowest BCUT2D eigenvalue weighted by Crippen LogP contribution is -2.49. The predicted molar refractivity (Wildman–Crippen MR) is 106 cm³/mol. The van der Waals surface area contributed by atoms with E-state index in [0.29, 0.717) is 47.2 Å². The maximum absolute atomic E-state index is 13.2. The number of hydrogen-bond acceptors (Lipinski definition) is 6. The van der Waals surface area contributed by atoms with Gasteiger partial charge in [-0.3, -0.25) is 4.79 Å². The van der Waals surface area contributed by atoms with Gasteiger partial charge in [0.25, 0.3) is 5.91 Å². The fraction of sp³-hybridized carbons (Fsp3) is 0.524. The van der Waals surface area contributed by atoms with Crippen molar-refractivity contribution in [3.8, 4) is 11.5 Å². The molecule has 0 radical (unpaired) electrons. The number of nitrogens with one attached hydrogen (secondary N) is 1. The molecule has 28 heavy (non-hydrogen) atoms. The number of rotatable bonds is 5. The minimum atomic E-state index is -0.848. The second-order valence-corrected chi connectivity index (χ2v) is 7.57. The second kappa shape index (κ2) is 7.83. The van der Waals surface area contributed by atoms with Crippen molar-refractivity contribution in [1.29, 1.82) is 0 Å². The summed E-state index contributed by atoms with van der Waals surface area (Å²) in [5.74, 6) is 0.404. The maximum Gasteiger partial charge on any atom is 0.335 e. The van der Waals surface area contributed by atoms with E-state index in [1.165, 1.54) is 0 Å². The second-order valence-electron chi connectivity index (χ2n) is 7.57. The molecule has 2 aliphatic rings. The Morgan fingerprint density at radius 3 is 2.21 bits per heavy atom. The molecule has 1 saturated heterocycles. The van der Waals surface area contributed by atoms with Gasteiger partial charge in [0.05, 0.1) is 19.8 Å². The molecule has 1 spiro atoms. The molecule has 1 amide bonds. The number of ether oxygens (including phenoxy) is 3. The fourth-order valence-corrected chi connectivity index (χ4v) is 3.95. The van der Waals surface area contributed by atoms with E-state index < -0.39 is 11.6 Å². The first-order chi connectivity index (χ1) is 13.3. The van der Waals surface area contributed by atoms with Crippen LogP contribution in [-0.2, 0) is 14.3 Å². The van der Waals surface area contributed by atoms with Crippen LogP contribution in [0.25, 0.3) is 0 Å². The minimum absolute atomic E-state index is 0.323. The average Bonchev–Trinajstić information content (AvgIpc) is 2.91. The van der Waals surface area contributed by atoms with Crippen LogP contribution < -0.4 is 14.8 Å². The number of piperidine rings is 1. The highest BCUT2D eigenvalue weighted by Gasteiger charge is 2.50. The maximum atomic E-state index is 13.2. The Morgan fingerprint density at radius 1 is 1.14 bits per heavy atom. The number of likely N-dealkylation sites (tertiary alicyclic amines) is 1. The van der Waals surface area contributed by atoms with Crippen LogP contribution in [-0.4, -0.2) is 55.7 Å². The predicted octanol–water partition coefficient (Wildman–Crippen LogP) is 2.76. The van der Waals surface area contributed by atoms with E-state index in [9.17, 15) is 9.59 Å². The quantitative estimate of drug-likeness (QED) is 0.782. The van der Waals surface area contributed by atoms with Crippen molar-refractivity contribution in [3.63, 3.8) is 0 Å². The highest BCUT2D eigenvalue weighted by Crippen LogP contribution is 2.42. The molecule has 0 unspecified atom stereocenters. The lowest BCUT2D eigenvalue weighted by atomic mass is 9.82. The zero-order valence-electron chi connectivity index (χ0n) is 17.1. The summed E-state index contributed by atoms with van der Waals surface area (Å²) < 4.78 is 16.3. The van der Waals surface area contributed by atoms with E-state index in [2.05, 4.69) is 24.1 Å². The summed E-state index contributed by atoms with van der Waals surface area (Å²) in [7, 11) is 3.10. The van der Waals surface area contributed by atoms with Crippen molar-refractivity contribution in [3.05, 3.63) is 29.3 Å². The molecule has 0 saturated carbocycles. The number of anilines is 1. The van der Waals surface area contributed by atoms with Crippen molar-refractivity contribution < 1.29 is 23.8 Å². The van der Waals surface area contributed by atoms with Crippen molar-refractivity contribution in [2.24, 2.45) is 0 Å². The van der Waals surface area contributed by atoms with Gasteiger partial charge in [-0.05, 0) is 20.8 Å². The molecular formula is C21H28N2O5. The summed E-state index contributed by atoms with van der Waals surface area (Å²) in [5, 5.41) is 2.89. The Hall–Kier alpha value is -2.54. The number of methoxy groups -OCH3 is 2. The van der Waals surface area contributed by atoms with Gasteiger partial charge in [0, 0.05) is 61.4 Å². The van der Waals surface area contributed by atoms with Crippen molar-refractivity contribution in [1.82, 2.24) is 4.90 Å². The molecule has 1 aromatic carbocycles. The lowest BCUT2D eigenvalue weighted by molar-refractivity contribution is -0.151.